The van der Waals surface area contributed by atoms with Crippen LogP contribution in [0.15, 0.2) is 18.2 Å². The molecule has 0 aromatic heterocycles. The molecule has 2 rings (SSSR count). The van der Waals surface area contributed by atoms with E-state index in [0.29, 0.717) is 26.9 Å². The van der Waals surface area contributed by atoms with E-state index in [-0.39, 0.29) is 11.9 Å². The van der Waals surface area contributed by atoms with Crippen LogP contribution < -0.4 is 11.1 Å². The van der Waals surface area contributed by atoms with Crippen molar-refractivity contribution in [3.8, 4) is 0 Å². The molecule has 1 saturated heterocycles. The normalized spacial score (nSPS) is 24.6. The summed E-state index contributed by atoms with van der Waals surface area (Å²) in [6.07, 6.45) is 0. The number of nitrogen functional groups attached to an aromatic ring is 1. The fourth-order valence-corrected chi connectivity index (χ4v) is 4.15. The number of carbonyl (C=O) groups is 1. The van der Waals surface area contributed by atoms with E-state index >= 15 is 0 Å². The molecule has 1 aliphatic heterocycles. The number of halogens is 1. The third kappa shape index (κ3) is 4.28. The molecule has 0 radical (unpaired) electrons. The first-order valence-corrected chi connectivity index (χ1v) is 8.44. The van der Waals surface area contributed by atoms with Crippen molar-refractivity contribution in [2.75, 3.05) is 24.1 Å². The fraction of sp³-hybridized carbons (Fsp3) is 0.533. The first kappa shape index (κ1) is 16.5. The molecule has 6 heteroatoms. The maximum Gasteiger partial charge on any atom is 0.241 e. The van der Waals surface area contributed by atoms with Gasteiger partial charge in [-0.1, -0.05) is 25.4 Å². The molecule has 1 aromatic rings. The Labute approximate surface area is 135 Å². The SMILES string of the molecule is CC1CN(C(C)C(=O)Nc2ccc(N)cc2Cl)CC(C)S1. The lowest BCUT2D eigenvalue weighted by Gasteiger charge is -2.37. The van der Waals surface area contributed by atoms with Crippen LogP contribution in [0.3, 0.4) is 0 Å². The molecule has 3 N–H and O–H groups in total. The number of nitrogens with two attached hydrogens (primary N) is 1. The molecular formula is C15H22ClN3OS. The summed E-state index contributed by atoms with van der Waals surface area (Å²) in [5.41, 5.74) is 6.85. The molecule has 4 nitrogen and oxygen atoms in total. The molecule has 0 saturated carbocycles. The molecule has 0 spiro atoms. The number of anilines is 2. The molecule has 1 aromatic carbocycles. The van der Waals surface area contributed by atoms with Gasteiger partial charge in [-0.2, -0.15) is 11.8 Å². The zero-order chi connectivity index (χ0) is 15.6. The Morgan fingerprint density at radius 2 is 2.05 bits per heavy atom. The van der Waals surface area contributed by atoms with Gasteiger partial charge >= 0.3 is 0 Å². The van der Waals surface area contributed by atoms with Crippen molar-refractivity contribution in [2.24, 2.45) is 0 Å². The number of nitrogens with zero attached hydrogens (tertiary/aromatic N) is 1. The number of nitrogens with one attached hydrogen (secondary N) is 1. The molecule has 0 bridgehead atoms. The van der Waals surface area contributed by atoms with Crippen molar-refractivity contribution in [1.29, 1.82) is 0 Å². The Kier molecular flexibility index (Phi) is 5.41. The van der Waals surface area contributed by atoms with Gasteiger partial charge < -0.3 is 11.1 Å². The number of carbonyl (C=O) groups excluding carboxylic acids is 1. The molecule has 1 heterocycles. The van der Waals surface area contributed by atoms with Crippen molar-refractivity contribution in [3.05, 3.63) is 23.2 Å². The monoisotopic (exact) mass is 327 g/mol. The number of amides is 1. The summed E-state index contributed by atoms with van der Waals surface area (Å²) in [5.74, 6) is -0.0343. The van der Waals surface area contributed by atoms with Gasteiger partial charge in [-0.25, -0.2) is 0 Å². The van der Waals surface area contributed by atoms with E-state index in [1.54, 1.807) is 18.2 Å². The summed E-state index contributed by atoms with van der Waals surface area (Å²) in [6, 6.07) is 4.93. The molecule has 1 fully saturated rings. The third-order valence-electron chi connectivity index (χ3n) is 3.63. The summed E-state index contributed by atoms with van der Waals surface area (Å²) in [7, 11) is 0. The zero-order valence-electron chi connectivity index (χ0n) is 12.6. The van der Waals surface area contributed by atoms with Gasteiger partial charge in [-0.3, -0.25) is 9.69 Å². The van der Waals surface area contributed by atoms with Crippen molar-refractivity contribution in [1.82, 2.24) is 4.90 Å². The Morgan fingerprint density at radius 3 is 2.62 bits per heavy atom. The highest BCUT2D eigenvalue weighted by Gasteiger charge is 2.29. The van der Waals surface area contributed by atoms with Crippen LogP contribution in [0.1, 0.15) is 20.8 Å². The lowest BCUT2D eigenvalue weighted by Crippen LogP contribution is -2.49. The van der Waals surface area contributed by atoms with E-state index in [4.69, 9.17) is 17.3 Å². The van der Waals surface area contributed by atoms with Gasteiger partial charge in [0.1, 0.15) is 0 Å². The molecule has 116 valence electrons. The first-order valence-electron chi connectivity index (χ1n) is 7.12. The second kappa shape index (κ2) is 6.90. The van der Waals surface area contributed by atoms with E-state index in [2.05, 4.69) is 24.1 Å². The topological polar surface area (TPSA) is 58.4 Å². The van der Waals surface area contributed by atoms with E-state index in [1.807, 2.05) is 18.7 Å². The smallest absolute Gasteiger partial charge is 0.241 e. The van der Waals surface area contributed by atoms with Crippen LogP contribution in [0.5, 0.6) is 0 Å². The Balaban J connectivity index is 2.02. The third-order valence-corrected chi connectivity index (χ3v) is 5.17. The average Bonchev–Trinajstić information content (AvgIpc) is 2.40. The van der Waals surface area contributed by atoms with E-state index in [0.717, 1.165) is 13.1 Å². The summed E-state index contributed by atoms with van der Waals surface area (Å²) >= 11 is 8.07. The number of thioether (sulfide) groups is 1. The molecule has 1 amide bonds. The molecule has 21 heavy (non-hydrogen) atoms. The second-order valence-electron chi connectivity index (χ2n) is 5.62. The minimum atomic E-state index is -0.176. The second-order valence-corrected chi connectivity index (χ2v) is 7.90. The lowest BCUT2D eigenvalue weighted by molar-refractivity contribution is -0.120. The van der Waals surface area contributed by atoms with Crippen LogP contribution in [-0.2, 0) is 4.79 Å². The minimum absolute atomic E-state index is 0.0343. The van der Waals surface area contributed by atoms with Crippen molar-refractivity contribution >= 4 is 40.6 Å². The predicted octanol–water partition coefficient (Wildman–Crippen LogP) is 3.08. The van der Waals surface area contributed by atoms with Gasteiger partial charge in [0, 0.05) is 29.3 Å². The van der Waals surface area contributed by atoms with Gasteiger partial charge in [0.2, 0.25) is 5.91 Å². The number of hydrogen-bond donors (Lipinski definition) is 2. The van der Waals surface area contributed by atoms with Crippen LogP contribution >= 0.6 is 23.4 Å². The zero-order valence-corrected chi connectivity index (χ0v) is 14.2. The van der Waals surface area contributed by atoms with Crippen molar-refractivity contribution in [3.63, 3.8) is 0 Å². The standard InChI is InChI=1S/C15H22ClN3OS/c1-9-7-19(8-10(2)21-9)11(3)15(20)18-14-5-4-12(17)6-13(14)16/h4-6,9-11H,7-8,17H2,1-3H3,(H,18,20). The van der Waals surface area contributed by atoms with Crippen molar-refractivity contribution in [2.45, 2.75) is 37.3 Å². The van der Waals surface area contributed by atoms with Gasteiger partial charge in [0.15, 0.2) is 0 Å². The Morgan fingerprint density at radius 1 is 1.43 bits per heavy atom. The van der Waals surface area contributed by atoms with E-state index in [1.165, 1.54) is 0 Å². The average molecular weight is 328 g/mol. The van der Waals surface area contributed by atoms with Gasteiger partial charge in [0.05, 0.1) is 16.8 Å². The van der Waals surface area contributed by atoms with Crippen LogP contribution in [0, 0.1) is 0 Å². The maximum absolute atomic E-state index is 12.4. The highest BCUT2D eigenvalue weighted by molar-refractivity contribution is 8.00. The molecular weight excluding hydrogens is 306 g/mol. The number of benzene rings is 1. The highest BCUT2D eigenvalue weighted by atomic mass is 35.5. The van der Waals surface area contributed by atoms with Crippen LogP contribution in [-0.4, -0.2) is 40.4 Å². The lowest BCUT2D eigenvalue weighted by atomic mass is 10.2. The predicted molar refractivity (Wildman–Crippen MR) is 92.0 cm³/mol. The molecule has 3 unspecified atom stereocenters. The molecule has 1 aliphatic rings. The van der Waals surface area contributed by atoms with Gasteiger partial charge in [-0.05, 0) is 25.1 Å². The van der Waals surface area contributed by atoms with Crippen LogP contribution in [0.4, 0.5) is 11.4 Å². The molecule has 0 aliphatic carbocycles. The van der Waals surface area contributed by atoms with E-state index in [9.17, 15) is 4.79 Å². The van der Waals surface area contributed by atoms with Gasteiger partial charge in [0.25, 0.3) is 0 Å². The number of hydrogen-bond acceptors (Lipinski definition) is 4. The fourth-order valence-electron chi connectivity index (χ4n) is 2.57. The van der Waals surface area contributed by atoms with Crippen LogP contribution in [0.2, 0.25) is 5.02 Å². The molecule has 3 atom stereocenters. The first-order chi connectivity index (χ1) is 9.86. The summed E-state index contributed by atoms with van der Waals surface area (Å²) < 4.78 is 0. The van der Waals surface area contributed by atoms with E-state index < -0.39 is 0 Å². The largest absolute Gasteiger partial charge is 0.399 e. The van der Waals surface area contributed by atoms with Crippen molar-refractivity contribution < 1.29 is 4.79 Å². The summed E-state index contributed by atoms with van der Waals surface area (Å²) in [5, 5.41) is 4.44. The number of rotatable bonds is 3. The van der Waals surface area contributed by atoms with Crippen LogP contribution in [0.25, 0.3) is 0 Å². The maximum atomic E-state index is 12.4. The minimum Gasteiger partial charge on any atom is -0.399 e. The quantitative estimate of drug-likeness (QED) is 0.838. The highest BCUT2D eigenvalue weighted by Crippen LogP contribution is 2.27. The summed E-state index contributed by atoms with van der Waals surface area (Å²) in [4.78, 5) is 14.6. The summed E-state index contributed by atoms with van der Waals surface area (Å²) in [6.45, 7) is 8.21. The Hall–Kier alpha value is -0.910. The Bertz CT molecular complexity index is 516. The van der Waals surface area contributed by atoms with Gasteiger partial charge in [-0.15, -0.1) is 0 Å².